The van der Waals surface area contributed by atoms with Crippen LogP contribution in [0.5, 0.6) is 0 Å². The summed E-state index contributed by atoms with van der Waals surface area (Å²) < 4.78 is 33.2. The first-order valence-electron chi connectivity index (χ1n) is 20.7. The number of aliphatic carboxylic acids is 1. The Kier molecular flexibility index (Phi) is 36.1. The summed E-state index contributed by atoms with van der Waals surface area (Å²) in [7, 11) is -4.61. The second kappa shape index (κ2) is 37.0. The number of allylic oxidation sites excluding steroid dienone is 2. The average molecular weight is 748 g/mol. The molecule has 0 radical (unpaired) electrons. The van der Waals surface area contributed by atoms with Crippen molar-refractivity contribution in [2.75, 3.05) is 26.4 Å². The molecule has 0 aromatic rings. The van der Waals surface area contributed by atoms with E-state index in [1.807, 2.05) is 0 Å². The fourth-order valence-corrected chi connectivity index (χ4v) is 6.55. The van der Waals surface area contributed by atoms with E-state index in [1.165, 1.54) is 122 Å². The molecule has 0 rings (SSSR count). The van der Waals surface area contributed by atoms with E-state index in [9.17, 15) is 19.0 Å². The van der Waals surface area contributed by atoms with Gasteiger partial charge < -0.3 is 25.2 Å². The summed E-state index contributed by atoms with van der Waals surface area (Å²) in [6.45, 7) is 3.88. The van der Waals surface area contributed by atoms with Gasteiger partial charge in [-0.1, -0.05) is 161 Å². The van der Waals surface area contributed by atoms with Crippen LogP contribution in [0.3, 0.4) is 0 Å². The molecule has 0 spiro atoms. The molecule has 3 unspecified atom stereocenters. The number of esters is 1. The van der Waals surface area contributed by atoms with Gasteiger partial charge in [0, 0.05) is 13.0 Å². The van der Waals surface area contributed by atoms with E-state index < -0.39 is 45.1 Å². The van der Waals surface area contributed by atoms with Gasteiger partial charge in [-0.15, -0.1) is 0 Å². The zero-order valence-corrected chi connectivity index (χ0v) is 33.6. The maximum absolute atomic E-state index is 12.6. The maximum Gasteiger partial charge on any atom is 0.472 e. The molecule has 0 heterocycles. The molecule has 51 heavy (non-hydrogen) atoms. The van der Waals surface area contributed by atoms with Gasteiger partial charge in [-0.05, 0) is 38.5 Å². The van der Waals surface area contributed by atoms with Crippen LogP contribution in [0.1, 0.15) is 194 Å². The molecule has 11 heteroatoms. The summed E-state index contributed by atoms with van der Waals surface area (Å²) in [6.07, 6.45) is 36.9. The van der Waals surface area contributed by atoms with Crippen molar-refractivity contribution in [1.29, 1.82) is 0 Å². The molecule has 0 saturated heterocycles. The van der Waals surface area contributed by atoms with Crippen molar-refractivity contribution < 1.29 is 42.7 Å². The van der Waals surface area contributed by atoms with Crippen molar-refractivity contribution in [2.24, 2.45) is 5.73 Å². The van der Waals surface area contributed by atoms with Crippen molar-refractivity contribution in [3.05, 3.63) is 12.2 Å². The Morgan fingerprint density at radius 1 is 0.608 bits per heavy atom. The van der Waals surface area contributed by atoms with Gasteiger partial charge in [0.15, 0.2) is 0 Å². The van der Waals surface area contributed by atoms with Gasteiger partial charge >= 0.3 is 19.8 Å². The van der Waals surface area contributed by atoms with E-state index in [-0.39, 0.29) is 13.0 Å². The number of nitrogens with two attached hydrogens (primary N) is 1. The van der Waals surface area contributed by atoms with Gasteiger partial charge in [0.05, 0.1) is 19.8 Å². The third kappa shape index (κ3) is 36.8. The Balaban J connectivity index is 4.22. The van der Waals surface area contributed by atoms with Gasteiger partial charge in [-0.3, -0.25) is 18.6 Å². The number of hydrogen-bond donors (Lipinski definition) is 3. The van der Waals surface area contributed by atoms with Crippen molar-refractivity contribution >= 4 is 19.8 Å². The van der Waals surface area contributed by atoms with Crippen LogP contribution in [0.2, 0.25) is 0 Å². The number of rotatable bonds is 40. The first kappa shape index (κ1) is 49.7. The van der Waals surface area contributed by atoms with E-state index in [2.05, 4.69) is 26.0 Å². The minimum atomic E-state index is -4.61. The van der Waals surface area contributed by atoms with E-state index >= 15 is 0 Å². The topological polar surface area (TPSA) is 155 Å². The summed E-state index contributed by atoms with van der Waals surface area (Å²) in [5.74, 6) is -1.78. The Morgan fingerprint density at radius 3 is 1.49 bits per heavy atom. The number of carboxylic acid groups (broad SMARTS) is 1. The molecule has 0 saturated carbocycles. The highest BCUT2D eigenvalue weighted by Gasteiger charge is 2.27. The molecule has 10 nitrogen and oxygen atoms in total. The lowest BCUT2D eigenvalue weighted by atomic mass is 10.1. The summed E-state index contributed by atoms with van der Waals surface area (Å²) in [5.41, 5.74) is 5.34. The molecule has 0 bridgehead atoms. The molecule has 0 aliphatic heterocycles. The molecular weight excluding hydrogens is 669 g/mol. The highest BCUT2D eigenvalue weighted by Crippen LogP contribution is 2.43. The largest absolute Gasteiger partial charge is 0.480 e. The van der Waals surface area contributed by atoms with Crippen molar-refractivity contribution in [3.8, 4) is 0 Å². The number of phosphoric acid groups is 1. The highest BCUT2D eigenvalue weighted by molar-refractivity contribution is 7.47. The lowest BCUT2D eigenvalue weighted by Crippen LogP contribution is -2.34. The fourth-order valence-electron chi connectivity index (χ4n) is 5.77. The minimum Gasteiger partial charge on any atom is -0.480 e. The molecule has 0 aromatic carbocycles. The van der Waals surface area contributed by atoms with Crippen LogP contribution in [0.4, 0.5) is 0 Å². The zero-order chi connectivity index (χ0) is 37.7. The van der Waals surface area contributed by atoms with Crippen LogP contribution in [-0.2, 0) is 32.7 Å². The van der Waals surface area contributed by atoms with Crippen LogP contribution in [0.25, 0.3) is 0 Å². The number of carbonyl (C=O) groups is 2. The number of carbonyl (C=O) groups excluding carboxylic acids is 1. The molecule has 302 valence electrons. The SMILES string of the molecule is CCCCCCCCC/C=C\CCCCCCCCCC(=O)OC(COCCCCCCCCCCCCC)COP(=O)(O)OCC(N)C(=O)O. The van der Waals surface area contributed by atoms with Crippen LogP contribution in [-0.4, -0.2) is 60.5 Å². The van der Waals surface area contributed by atoms with Crippen LogP contribution >= 0.6 is 7.82 Å². The summed E-state index contributed by atoms with van der Waals surface area (Å²) >= 11 is 0. The Bertz CT molecular complexity index is 873. The highest BCUT2D eigenvalue weighted by atomic mass is 31.2. The Hall–Kier alpha value is -1.29. The number of hydrogen-bond acceptors (Lipinski definition) is 8. The lowest BCUT2D eigenvalue weighted by molar-refractivity contribution is -0.154. The number of phosphoric ester groups is 1. The molecule has 0 fully saturated rings. The summed E-state index contributed by atoms with van der Waals surface area (Å²) in [4.78, 5) is 33.4. The first-order chi connectivity index (χ1) is 24.7. The van der Waals surface area contributed by atoms with E-state index in [0.717, 1.165) is 44.9 Å². The molecular formula is C40H78NO9P. The van der Waals surface area contributed by atoms with Crippen LogP contribution in [0, 0.1) is 0 Å². The van der Waals surface area contributed by atoms with Crippen molar-refractivity contribution in [1.82, 2.24) is 0 Å². The Labute approximate surface area is 312 Å². The van der Waals surface area contributed by atoms with Crippen molar-refractivity contribution in [3.63, 3.8) is 0 Å². The third-order valence-electron chi connectivity index (χ3n) is 9.04. The normalized spacial score (nSPS) is 14.1. The van der Waals surface area contributed by atoms with Gasteiger partial charge in [0.25, 0.3) is 0 Å². The van der Waals surface area contributed by atoms with Crippen LogP contribution in [0.15, 0.2) is 12.2 Å². The average Bonchev–Trinajstić information content (AvgIpc) is 3.10. The van der Waals surface area contributed by atoms with Gasteiger partial charge in [-0.25, -0.2) is 4.57 Å². The third-order valence-corrected chi connectivity index (χ3v) is 10.00. The van der Waals surface area contributed by atoms with E-state index in [4.69, 9.17) is 29.4 Å². The maximum atomic E-state index is 12.6. The predicted octanol–water partition coefficient (Wildman–Crippen LogP) is 11.0. The van der Waals surface area contributed by atoms with Gasteiger partial charge in [-0.2, -0.15) is 0 Å². The number of unbranched alkanes of at least 4 members (excludes halogenated alkanes) is 24. The molecule has 0 aliphatic rings. The van der Waals surface area contributed by atoms with Gasteiger partial charge in [0.2, 0.25) is 0 Å². The molecule has 0 aromatic heterocycles. The second-order valence-corrected chi connectivity index (χ2v) is 15.6. The van der Waals surface area contributed by atoms with Gasteiger partial charge in [0.1, 0.15) is 12.1 Å². The lowest BCUT2D eigenvalue weighted by Gasteiger charge is -2.20. The molecule has 0 aliphatic carbocycles. The van der Waals surface area contributed by atoms with E-state index in [0.29, 0.717) is 13.0 Å². The number of ether oxygens (including phenoxy) is 2. The quantitative estimate of drug-likeness (QED) is 0.0239. The summed E-state index contributed by atoms with van der Waals surface area (Å²) in [5, 5.41) is 8.87. The monoisotopic (exact) mass is 748 g/mol. The minimum absolute atomic E-state index is 0.0203. The first-order valence-corrected chi connectivity index (χ1v) is 22.2. The van der Waals surface area contributed by atoms with E-state index in [1.54, 1.807) is 0 Å². The molecule has 4 N–H and O–H groups in total. The fraction of sp³-hybridized carbons (Fsp3) is 0.900. The molecule has 3 atom stereocenters. The number of carboxylic acids is 1. The van der Waals surface area contributed by atoms with Crippen molar-refractivity contribution in [2.45, 2.75) is 206 Å². The zero-order valence-electron chi connectivity index (χ0n) is 32.7. The van der Waals surface area contributed by atoms with Crippen LogP contribution < -0.4 is 5.73 Å². The summed E-state index contributed by atoms with van der Waals surface area (Å²) in [6, 6.07) is -1.47. The standard InChI is InChI=1S/C40H78NO9P/c1-3-5-7-9-11-13-15-16-17-18-19-20-21-22-24-26-28-30-32-39(42)50-37(35-48-51(45,46)49-36-38(41)40(43)44)34-47-33-31-29-27-25-23-14-12-10-8-6-4-2/h17-18,37-38H,3-16,19-36,41H2,1-2H3,(H,43,44)(H,45,46)/b18-17-. The Morgan fingerprint density at radius 2 is 1.02 bits per heavy atom. The second-order valence-electron chi connectivity index (χ2n) is 14.1. The smallest absolute Gasteiger partial charge is 0.472 e. The predicted molar refractivity (Wildman–Crippen MR) is 208 cm³/mol. The molecule has 0 amide bonds.